The lowest BCUT2D eigenvalue weighted by Crippen LogP contribution is -1.99. The van der Waals surface area contributed by atoms with E-state index in [1.807, 2.05) is 85.8 Å². The Labute approximate surface area is 220 Å². The first-order valence-corrected chi connectivity index (χ1v) is 12.5. The molecule has 0 aliphatic rings. The summed E-state index contributed by atoms with van der Waals surface area (Å²) in [7, 11) is 1.63. The number of rotatable bonds is 6. The van der Waals surface area contributed by atoms with Crippen molar-refractivity contribution in [2.75, 3.05) is 7.11 Å². The Morgan fingerprint density at radius 3 is 2.41 bits per heavy atom. The summed E-state index contributed by atoms with van der Waals surface area (Å²) in [4.78, 5) is 4.76. The van der Waals surface area contributed by atoms with E-state index >= 15 is 0 Å². The third kappa shape index (κ3) is 4.39. The topological polar surface area (TPSA) is 90.7 Å². The highest BCUT2D eigenvalue weighted by atomic mass is 35.5. The van der Waals surface area contributed by atoms with Crippen LogP contribution in [0.2, 0.25) is 5.02 Å². The fourth-order valence-electron chi connectivity index (χ4n) is 3.93. The summed E-state index contributed by atoms with van der Waals surface area (Å²) >= 11 is 7.57. The fourth-order valence-corrected chi connectivity index (χ4v) is 4.90. The van der Waals surface area contributed by atoms with Crippen molar-refractivity contribution >= 4 is 44.7 Å². The van der Waals surface area contributed by atoms with Crippen LogP contribution in [-0.2, 0) is 0 Å². The van der Waals surface area contributed by atoms with Crippen LogP contribution in [0.5, 0.6) is 5.75 Å². The maximum Gasteiger partial charge on any atom is 0.277 e. The molecule has 6 rings (SSSR count). The Morgan fingerprint density at radius 1 is 0.919 bits per heavy atom. The normalized spacial score (nSPS) is 11.5. The Kier molecular flexibility index (Phi) is 5.99. The number of nitrogens with zero attached hydrogens (tertiary/aromatic N) is 6. The number of aryl methyl sites for hydroxylation is 1. The van der Waals surface area contributed by atoms with Crippen molar-refractivity contribution in [1.29, 1.82) is 0 Å². The molecular formula is C27H19ClN6O2S. The molecule has 0 unspecified atom stereocenters. The molecule has 0 amide bonds. The summed E-state index contributed by atoms with van der Waals surface area (Å²) in [6.07, 6.45) is 0. The quantitative estimate of drug-likeness (QED) is 0.204. The molecule has 10 heteroatoms. The molecule has 0 saturated heterocycles. The van der Waals surface area contributed by atoms with Crippen LogP contribution in [0.4, 0.5) is 10.7 Å². The van der Waals surface area contributed by atoms with Gasteiger partial charge in [-0.2, -0.15) is 0 Å². The van der Waals surface area contributed by atoms with Gasteiger partial charge in [-0.15, -0.1) is 15.3 Å². The summed E-state index contributed by atoms with van der Waals surface area (Å²) in [6, 6.07) is 24.8. The third-order valence-corrected chi connectivity index (χ3v) is 7.02. The van der Waals surface area contributed by atoms with Gasteiger partial charge in [-0.05, 0) is 43.3 Å². The summed E-state index contributed by atoms with van der Waals surface area (Å²) in [6.45, 7) is 1.90. The molecule has 3 aromatic heterocycles. The van der Waals surface area contributed by atoms with Crippen LogP contribution in [0.15, 0.2) is 93.6 Å². The Morgan fingerprint density at radius 2 is 1.68 bits per heavy atom. The smallest absolute Gasteiger partial charge is 0.277 e. The van der Waals surface area contributed by atoms with Crippen LogP contribution < -0.4 is 4.74 Å². The molecule has 0 aliphatic heterocycles. The van der Waals surface area contributed by atoms with Gasteiger partial charge in [-0.25, -0.2) is 9.67 Å². The van der Waals surface area contributed by atoms with Gasteiger partial charge in [0.25, 0.3) is 5.71 Å². The molecular weight excluding hydrogens is 508 g/mol. The molecule has 0 atom stereocenters. The summed E-state index contributed by atoms with van der Waals surface area (Å²) in [5.41, 5.74) is 5.22. The number of ether oxygens (including phenoxy) is 1. The molecule has 37 heavy (non-hydrogen) atoms. The number of thiazole rings is 1. The Bertz CT molecular complexity index is 1720. The van der Waals surface area contributed by atoms with E-state index in [1.54, 1.807) is 11.8 Å². The molecule has 3 heterocycles. The average molecular weight is 527 g/mol. The highest BCUT2D eigenvalue weighted by molar-refractivity contribution is 7.17. The van der Waals surface area contributed by atoms with Crippen molar-refractivity contribution in [3.8, 4) is 33.4 Å². The second-order valence-corrected chi connectivity index (χ2v) is 9.52. The zero-order chi connectivity index (χ0) is 25.4. The minimum absolute atomic E-state index is 0.415. The summed E-state index contributed by atoms with van der Waals surface area (Å²) < 4.78 is 12.6. The lowest BCUT2D eigenvalue weighted by molar-refractivity contribution is 0.415. The van der Waals surface area contributed by atoms with Crippen molar-refractivity contribution in [2.24, 2.45) is 10.2 Å². The first-order chi connectivity index (χ1) is 18.1. The summed E-state index contributed by atoms with van der Waals surface area (Å²) in [5, 5.41) is 20.6. The predicted molar refractivity (Wildman–Crippen MR) is 145 cm³/mol. The van der Waals surface area contributed by atoms with E-state index < -0.39 is 0 Å². The van der Waals surface area contributed by atoms with Gasteiger partial charge in [-0.3, -0.25) is 0 Å². The second kappa shape index (κ2) is 9.61. The summed E-state index contributed by atoms with van der Waals surface area (Å²) in [5.74, 6) is 0.761. The molecule has 0 radical (unpaired) electrons. The zero-order valence-corrected chi connectivity index (χ0v) is 21.4. The van der Waals surface area contributed by atoms with Crippen LogP contribution in [0.25, 0.3) is 38.7 Å². The first-order valence-electron chi connectivity index (χ1n) is 11.3. The minimum Gasteiger partial charge on any atom is -0.497 e. The lowest BCUT2D eigenvalue weighted by atomic mass is 10.0. The number of methoxy groups -OCH3 is 1. The van der Waals surface area contributed by atoms with Crippen molar-refractivity contribution in [3.63, 3.8) is 0 Å². The largest absolute Gasteiger partial charge is 0.497 e. The number of hydrogen-bond acceptors (Lipinski definition) is 8. The Balaban J connectivity index is 1.47. The van der Waals surface area contributed by atoms with E-state index in [-0.39, 0.29) is 0 Å². The van der Waals surface area contributed by atoms with Crippen molar-refractivity contribution < 1.29 is 9.26 Å². The second-order valence-electron chi connectivity index (χ2n) is 8.13. The van der Waals surface area contributed by atoms with Crippen LogP contribution in [-0.4, -0.2) is 27.0 Å². The van der Waals surface area contributed by atoms with Gasteiger partial charge in [0, 0.05) is 16.1 Å². The number of azo groups is 1. The van der Waals surface area contributed by atoms with Crippen LogP contribution in [0.3, 0.4) is 0 Å². The molecule has 6 aromatic rings. The van der Waals surface area contributed by atoms with E-state index in [2.05, 4.69) is 15.4 Å². The average Bonchev–Trinajstić information content (AvgIpc) is 3.62. The maximum absolute atomic E-state index is 6.19. The van der Waals surface area contributed by atoms with Crippen LogP contribution in [0, 0.1) is 6.92 Å². The number of halogens is 1. The molecule has 0 N–H and O–H groups in total. The molecule has 0 fully saturated rings. The van der Waals surface area contributed by atoms with E-state index in [0.29, 0.717) is 32.3 Å². The monoisotopic (exact) mass is 526 g/mol. The fraction of sp³-hybridized carbons (Fsp3) is 0.0741. The van der Waals surface area contributed by atoms with E-state index in [9.17, 15) is 0 Å². The highest BCUT2D eigenvalue weighted by Gasteiger charge is 2.25. The van der Waals surface area contributed by atoms with Gasteiger partial charge in [-0.1, -0.05) is 70.6 Å². The number of fused-ring (bicyclic) bond motifs is 1. The lowest BCUT2D eigenvalue weighted by Gasteiger charge is -2.06. The van der Waals surface area contributed by atoms with Crippen molar-refractivity contribution in [1.82, 2.24) is 19.9 Å². The third-order valence-electron chi connectivity index (χ3n) is 5.75. The number of aromatic nitrogens is 4. The van der Waals surface area contributed by atoms with Gasteiger partial charge in [0.1, 0.15) is 11.4 Å². The van der Waals surface area contributed by atoms with Gasteiger partial charge < -0.3 is 9.26 Å². The van der Waals surface area contributed by atoms with E-state index in [4.69, 9.17) is 30.9 Å². The highest BCUT2D eigenvalue weighted by Crippen LogP contribution is 2.40. The molecule has 182 valence electrons. The van der Waals surface area contributed by atoms with Crippen molar-refractivity contribution in [3.05, 3.63) is 89.6 Å². The van der Waals surface area contributed by atoms with Gasteiger partial charge in [0.05, 0.1) is 29.6 Å². The standard InChI is InChI=1S/C27H19ClN6O2S/c1-16-26(31-30-20-12-14-21(35-2)15-13-20)37-27(29-16)34-24(18-8-10-19(28)11-9-18)22-23(33-36-25(22)32-34)17-6-4-3-5-7-17/h3-15H,1-2H3. The zero-order valence-electron chi connectivity index (χ0n) is 19.8. The molecule has 8 nitrogen and oxygen atoms in total. The van der Waals surface area contributed by atoms with Gasteiger partial charge in [0.2, 0.25) is 5.13 Å². The maximum atomic E-state index is 6.19. The molecule has 0 aliphatic carbocycles. The number of hydrogen-bond donors (Lipinski definition) is 0. The minimum atomic E-state index is 0.415. The van der Waals surface area contributed by atoms with Crippen molar-refractivity contribution in [2.45, 2.75) is 6.92 Å². The Hall–Kier alpha value is -4.34. The predicted octanol–water partition coefficient (Wildman–Crippen LogP) is 8.19. The molecule has 0 spiro atoms. The van der Waals surface area contributed by atoms with Gasteiger partial charge in [0.15, 0.2) is 5.00 Å². The SMILES string of the molecule is COc1ccc(N=Nc2sc(-n3nc4onc(-c5ccccc5)c4c3-c3ccc(Cl)cc3)nc2C)cc1. The molecule has 0 bridgehead atoms. The number of benzene rings is 3. The van der Waals surface area contributed by atoms with E-state index in [1.165, 1.54) is 11.3 Å². The van der Waals surface area contributed by atoms with E-state index in [0.717, 1.165) is 33.7 Å². The first kappa shape index (κ1) is 23.1. The van der Waals surface area contributed by atoms with Crippen LogP contribution >= 0.6 is 22.9 Å². The van der Waals surface area contributed by atoms with Gasteiger partial charge >= 0.3 is 0 Å². The molecule has 0 saturated carbocycles. The van der Waals surface area contributed by atoms with Crippen LogP contribution in [0.1, 0.15) is 5.69 Å². The molecule has 3 aromatic carbocycles.